The molecule has 0 spiro atoms. The van der Waals surface area contributed by atoms with Gasteiger partial charge in [-0.25, -0.2) is 0 Å². The Morgan fingerprint density at radius 2 is 1.08 bits per heavy atom. The highest BCUT2D eigenvalue weighted by Crippen LogP contribution is 2.22. The zero-order valence-corrected chi connectivity index (χ0v) is 39.8. The molecule has 63 heavy (non-hydrogen) atoms. The molecule has 1 heterocycles. The molecule has 0 aromatic carbocycles. The molecule has 11 nitrogen and oxygen atoms in total. The zero-order valence-electron chi connectivity index (χ0n) is 39.8. The van der Waals surface area contributed by atoms with E-state index in [1.54, 1.807) is 6.08 Å². The first-order valence-electron chi connectivity index (χ1n) is 25.4. The lowest BCUT2D eigenvalue weighted by Gasteiger charge is -2.40. The third-order valence-corrected chi connectivity index (χ3v) is 11.7. The van der Waals surface area contributed by atoms with E-state index in [0.29, 0.717) is 25.9 Å². The average Bonchev–Trinajstić information content (AvgIpc) is 3.28. The number of allylic oxidation sites excluding steroid dienone is 7. The molecule has 0 aliphatic carbocycles. The van der Waals surface area contributed by atoms with Gasteiger partial charge in [0.25, 0.3) is 0 Å². The van der Waals surface area contributed by atoms with Crippen molar-refractivity contribution in [3.63, 3.8) is 0 Å². The second-order valence-electron chi connectivity index (χ2n) is 17.5. The first kappa shape index (κ1) is 58.6. The maximum atomic E-state index is 13.0. The van der Waals surface area contributed by atoms with Crippen LogP contribution < -0.4 is 5.32 Å². The van der Waals surface area contributed by atoms with Gasteiger partial charge in [0, 0.05) is 12.8 Å². The smallest absolute Gasteiger partial charge is 0.305 e. The maximum absolute atomic E-state index is 13.0. The van der Waals surface area contributed by atoms with Crippen LogP contribution in [-0.4, -0.2) is 100 Å². The van der Waals surface area contributed by atoms with Crippen LogP contribution in [0.1, 0.15) is 206 Å². The third kappa shape index (κ3) is 32.9. The number of hydrogen-bond donors (Lipinski definition) is 6. The normalized spacial score (nSPS) is 20.4. The number of carbonyl (C=O) groups is 2. The number of rotatable bonds is 42. The van der Waals surface area contributed by atoms with Crippen LogP contribution in [0.15, 0.2) is 48.6 Å². The number of nitrogens with one attached hydrogen (secondary N) is 1. The lowest BCUT2D eigenvalue weighted by Crippen LogP contribution is -2.60. The minimum absolute atomic E-state index is 0.0368. The van der Waals surface area contributed by atoms with Crippen molar-refractivity contribution in [2.45, 2.75) is 249 Å². The maximum Gasteiger partial charge on any atom is 0.305 e. The molecule has 1 aliphatic rings. The lowest BCUT2D eigenvalue weighted by atomic mass is 9.99. The molecule has 1 rings (SSSR count). The van der Waals surface area contributed by atoms with E-state index >= 15 is 0 Å². The van der Waals surface area contributed by atoms with Crippen LogP contribution in [0, 0.1) is 0 Å². The van der Waals surface area contributed by atoms with E-state index in [1.807, 2.05) is 6.08 Å². The number of ether oxygens (including phenoxy) is 3. The lowest BCUT2D eigenvalue weighted by molar-refractivity contribution is -0.302. The van der Waals surface area contributed by atoms with Crippen LogP contribution in [0.25, 0.3) is 0 Å². The highest BCUT2D eigenvalue weighted by atomic mass is 16.7. The predicted molar refractivity (Wildman–Crippen MR) is 255 cm³/mol. The van der Waals surface area contributed by atoms with Crippen LogP contribution in [-0.2, 0) is 23.8 Å². The van der Waals surface area contributed by atoms with Crippen LogP contribution >= 0.6 is 0 Å². The Kier molecular flexibility index (Phi) is 39.3. The van der Waals surface area contributed by atoms with Crippen molar-refractivity contribution in [3.05, 3.63) is 48.6 Å². The molecule has 0 aromatic heterocycles. The Hall–Kier alpha value is -2.38. The first-order chi connectivity index (χ1) is 30.7. The van der Waals surface area contributed by atoms with E-state index < -0.39 is 49.5 Å². The number of carbonyl (C=O) groups excluding carboxylic acids is 2. The predicted octanol–water partition coefficient (Wildman–Crippen LogP) is 10.2. The van der Waals surface area contributed by atoms with Gasteiger partial charge < -0.3 is 45.1 Å². The van der Waals surface area contributed by atoms with E-state index in [4.69, 9.17) is 14.2 Å². The fraction of sp³-hybridized carbons (Fsp3) is 0.808. The van der Waals surface area contributed by atoms with Gasteiger partial charge in [0.15, 0.2) is 6.29 Å². The van der Waals surface area contributed by atoms with Crippen molar-refractivity contribution in [3.8, 4) is 0 Å². The molecule has 366 valence electrons. The summed E-state index contributed by atoms with van der Waals surface area (Å²) in [6, 6.07) is -0.842. The third-order valence-electron chi connectivity index (χ3n) is 11.7. The van der Waals surface area contributed by atoms with Gasteiger partial charge in [-0.15, -0.1) is 0 Å². The Morgan fingerprint density at radius 3 is 1.65 bits per heavy atom. The van der Waals surface area contributed by atoms with Gasteiger partial charge in [0.2, 0.25) is 5.91 Å². The summed E-state index contributed by atoms with van der Waals surface area (Å²) in [7, 11) is 0. The quantitative estimate of drug-likeness (QED) is 0.0197. The van der Waals surface area contributed by atoms with Crippen LogP contribution in [0.3, 0.4) is 0 Å². The van der Waals surface area contributed by atoms with Gasteiger partial charge in [-0.05, 0) is 70.6 Å². The molecular weight excluding hydrogens is 799 g/mol. The molecular formula is C52H93NO10. The van der Waals surface area contributed by atoms with Crippen LogP contribution in [0.4, 0.5) is 0 Å². The minimum Gasteiger partial charge on any atom is -0.466 e. The van der Waals surface area contributed by atoms with Gasteiger partial charge in [-0.3, -0.25) is 9.59 Å². The van der Waals surface area contributed by atoms with Crippen molar-refractivity contribution < 1.29 is 49.3 Å². The molecule has 1 aliphatic heterocycles. The first-order valence-corrected chi connectivity index (χ1v) is 25.4. The van der Waals surface area contributed by atoms with Gasteiger partial charge in [0.1, 0.15) is 24.4 Å². The molecule has 1 fully saturated rings. The number of unbranched alkanes of at least 4 members (excludes halogenated alkanes) is 22. The number of aliphatic hydroxyl groups is 5. The van der Waals surface area contributed by atoms with E-state index in [0.717, 1.165) is 77.0 Å². The van der Waals surface area contributed by atoms with Gasteiger partial charge in [-0.1, -0.05) is 172 Å². The highest BCUT2D eigenvalue weighted by molar-refractivity contribution is 5.76. The Labute approximate surface area is 383 Å². The van der Waals surface area contributed by atoms with E-state index in [2.05, 4.69) is 55.6 Å². The van der Waals surface area contributed by atoms with Gasteiger partial charge >= 0.3 is 5.97 Å². The van der Waals surface area contributed by atoms with E-state index in [-0.39, 0.29) is 18.5 Å². The van der Waals surface area contributed by atoms with Crippen molar-refractivity contribution in [1.29, 1.82) is 0 Å². The Balaban J connectivity index is 2.16. The summed E-state index contributed by atoms with van der Waals surface area (Å²) < 4.78 is 16.6. The molecule has 0 saturated carbocycles. The fourth-order valence-electron chi connectivity index (χ4n) is 7.57. The molecule has 7 atom stereocenters. The summed E-state index contributed by atoms with van der Waals surface area (Å²) >= 11 is 0. The molecule has 0 bridgehead atoms. The number of amides is 1. The van der Waals surface area contributed by atoms with Crippen LogP contribution in [0.5, 0.6) is 0 Å². The number of esters is 1. The van der Waals surface area contributed by atoms with Crippen molar-refractivity contribution in [2.24, 2.45) is 0 Å². The molecule has 7 unspecified atom stereocenters. The molecule has 0 radical (unpaired) electrons. The molecule has 0 aromatic rings. The Morgan fingerprint density at radius 1 is 0.587 bits per heavy atom. The van der Waals surface area contributed by atoms with Crippen molar-refractivity contribution in [2.75, 3.05) is 19.8 Å². The zero-order chi connectivity index (χ0) is 46.0. The topological polar surface area (TPSA) is 175 Å². The minimum atomic E-state index is -1.58. The second-order valence-corrected chi connectivity index (χ2v) is 17.5. The van der Waals surface area contributed by atoms with E-state index in [9.17, 15) is 35.1 Å². The van der Waals surface area contributed by atoms with Crippen molar-refractivity contribution in [1.82, 2.24) is 5.32 Å². The summed E-state index contributed by atoms with van der Waals surface area (Å²) in [6.07, 6.45) is 40.5. The van der Waals surface area contributed by atoms with Crippen molar-refractivity contribution >= 4 is 11.9 Å². The van der Waals surface area contributed by atoms with Crippen LogP contribution in [0.2, 0.25) is 0 Å². The summed E-state index contributed by atoms with van der Waals surface area (Å²) in [5.74, 6) is -0.248. The molecule has 1 amide bonds. The SMILES string of the molecule is CC/C=C/CC/C=C/CC/C=C/C(O)C(COC1OC(CO)C(O)C(O)C1O)NC(=O)CCCCCCCCCCCCCCCCOC(=O)CCCCCCC/C=C\CCCC. The van der Waals surface area contributed by atoms with E-state index in [1.165, 1.54) is 96.3 Å². The largest absolute Gasteiger partial charge is 0.466 e. The van der Waals surface area contributed by atoms with Gasteiger partial charge in [-0.2, -0.15) is 0 Å². The summed E-state index contributed by atoms with van der Waals surface area (Å²) in [4.78, 5) is 25.0. The summed E-state index contributed by atoms with van der Waals surface area (Å²) in [5.41, 5.74) is 0. The van der Waals surface area contributed by atoms with Gasteiger partial charge in [0.05, 0.1) is 32.0 Å². The molecule has 11 heteroatoms. The average molecular weight is 892 g/mol. The molecule has 6 N–H and O–H groups in total. The fourth-order valence-corrected chi connectivity index (χ4v) is 7.57. The second kappa shape index (κ2) is 42.3. The Bertz CT molecular complexity index is 1190. The monoisotopic (exact) mass is 892 g/mol. The summed E-state index contributed by atoms with van der Waals surface area (Å²) in [6.45, 7) is 4.10. The standard InChI is InChI=1S/C52H93NO10/c1-3-5-7-9-11-13-19-24-28-32-36-40-48(57)61-41-37-33-29-25-21-18-16-15-17-20-23-27-31-35-39-47(56)53-44(43-62-52-51(60)50(59)49(58)46(42-54)63-52)45(55)38-34-30-26-22-14-12-10-8-6-4-2/h6,8-9,11,14,22,34,38,44-46,49-52,54-55,58-60H,3-5,7,10,12-13,15-21,23-33,35-37,39-43H2,1-2H3,(H,53,56)/b8-6+,11-9-,22-14+,38-34+. The molecule has 1 saturated heterocycles. The summed E-state index contributed by atoms with van der Waals surface area (Å²) in [5, 5.41) is 54.1. The highest BCUT2D eigenvalue weighted by Gasteiger charge is 2.44. The number of hydrogen-bond acceptors (Lipinski definition) is 10. The number of aliphatic hydroxyl groups excluding tert-OH is 5.